The van der Waals surface area contributed by atoms with Gasteiger partial charge in [-0.1, -0.05) is 34.1 Å². The van der Waals surface area contributed by atoms with Gasteiger partial charge in [-0.3, -0.25) is 0 Å². The summed E-state index contributed by atoms with van der Waals surface area (Å²) >= 11 is 2.06. The molecule has 0 rings (SSSR count). The molecule has 0 fully saturated rings. The molecule has 0 bridgehead atoms. The zero-order chi connectivity index (χ0) is 10.8. The first kappa shape index (κ1) is 14.3. The van der Waals surface area contributed by atoms with Crippen molar-refractivity contribution in [1.82, 2.24) is 5.32 Å². The fourth-order valence-electron chi connectivity index (χ4n) is 1.47. The van der Waals surface area contributed by atoms with Crippen LogP contribution in [0.2, 0.25) is 0 Å². The van der Waals surface area contributed by atoms with Gasteiger partial charge < -0.3 is 5.32 Å². The van der Waals surface area contributed by atoms with Crippen LogP contribution in [0.25, 0.3) is 0 Å². The molecule has 0 aliphatic rings. The standard InChI is InChI=1S/C12H27NS/c1-5-12(10-13-11(3)4)8-7-9-14-6-2/h11-13H,5-10H2,1-4H3. The van der Waals surface area contributed by atoms with E-state index in [0.717, 1.165) is 5.92 Å². The summed E-state index contributed by atoms with van der Waals surface area (Å²) in [5.41, 5.74) is 0. The second-order valence-electron chi connectivity index (χ2n) is 4.18. The molecular formula is C12H27NS. The van der Waals surface area contributed by atoms with E-state index in [9.17, 15) is 0 Å². The molecule has 0 aromatic heterocycles. The highest BCUT2D eigenvalue weighted by Crippen LogP contribution is 2.13. The summed E-state index contributed by atoms with van der Waals surface area (Å²) in [6, 6.07) is 0.633. The van der Waals surface area contributed by atoms with Crippen molar-refractivity contribution in [3.63, 3.8) is 0 Å². The first-order chi connectivity index (χ1) is 6.70. The van der Waals surface area contributed by atoms with Crippen molar-refractivity contribution >= 4 is 11.8 Å². The van der Waals surface area contributed by atoms with Crippen LogP contribution in [0.1, 0.15) is 47.0 Å². The van der Waals surface area contributed by atoms with Gasteiger partial charge in [-0.05, 0) is 36.8 Å². The molecule has 0 aromatic rings. The van der Waals surface area contributed by atoms with E-state index >= 15 is 0 Å². The molecule has 0 saturated heterocycles. The lowest BCUT2D eigenvalue weighted by molar-refractivity contribution is 0.411. The zero-order valence-corrected chi connectivity index (χ0v) is 11.1. The van der Waals surface area contributed by atoms with Crippen molar-refractivity contribution in [1.29, 1.82) is 0 Å². The van der Waals surface area contributed by atoms with E-state index < -0.39 is 0 Å². The van der Waals surface area contributed by atoms with Crippen molar-refractivity contribution in [3.8, 4) is 0 Å². The third kappa shape index (κ3) is 8.89. The van der Waals surface area contributed by atoms with Crippen molar-refractivity contribution in [3.05, 3.63) is 0 Å². The van der Waals surface area contributed by atoms with E-state index in [0.29, 0.717) is 6.04 Å². The van der Waals surface area contributed by atoms with Crippen LogP contribution < -0.4 is 5.32 Å². The molecule has 0 radical (unpaired) electrons. The summed E-state index contributed by atoms with van der Waals surface area (Å²) in [6.45, 7) is 10.2. The highest BCUT2D eigenvalue weighted by molar-refractivity contribution is 7.99. The Bertz CT molecular complexity index is 115. The summed E-state index contributed by atoms with van der Waals surface area (Å²) in [6.07, 6.45) is 4.09. The molecule has 0 spiro atoms. The summed E-state index contributed by atoms with van der Waals surface area (Å²) in [5, 5.41) is 3.53. The SMILES string of the molecule is CCSCCCC(CC)CNC(C)C. The van der Waals surface area contributed by atoms with Gasteiger partial charge in [-0.25, -0.2) is 0 Å². The highest BCUT2D eigenvalue weighted by Gasteiger charge is 2.06. The Labute approximate surface area is 94.4 Å². The second kappa shape index (κ2) is 9.85. The van der Waals surface area contributed by atoms with E-state index in [-0.39, 0.29) is 0 Å². The Kier molecular flexibility index (Phi) is 10.1. The highest BCUT2D eigenvalue weighted by atomic mass is 32.2. The van der Waals surface area contributed by atoms with Crippen LogP contribution in [0.5, 0.6) is 0 Å². The minimum atomic E-state index is 0.633. The molecule has 1 atom stereocenters. The first-order valence-electron chi connectivity index (χ1n) is 6.01. The predicted molar refractivity (Wildman–Crippen MR) is 69.2 cm³/mol. The van der Waals surface area contributed by atoms with Gasteiger partial charge >= 0.3 is 0 Å². The van der Waals surface area contributed by atoms with Crippen LogP contribution in [0.4, 0.5) is 0 Å². The fraction of sp³-hybridized carbons (Fsp3) is 1.00. The molecule has 0 saturated carbocycles. The van der Waals surface area contributed by atoms with Crippen LogP contribution in [0.3, 0.4) is 0 Å². The smallest absolute Gasteiger partial charge is 0.00104 e. The lowest BCUT2D eigenvalue weighted by Gasteiger charge is -2.17. The molecule has 0 heterocycles. The molecule has 0 aromatic carbocycles. The monoisotopic (exact) mass is 217 g/mol. The van der Waals surface area contributed by atoms with Crippen LogP contribution >= 0.6 is 11.8 Å². The Morgan fingerprint density at radius 1 is 1.21 bits per heavy atom. The maximum atomic E-state index is 3.53. The molecule has 0 amide bonds. The maximum Gasteiger partial charge on any atom is 0.00104 e. The molecule has 1 N–H and O–H groups in total. The molecule has 0 aliphatic heterocycles. The van der Waals surface area contributed by atoms with Crippen LogP contribution in [0, 0.1) is 5.92 Å². The van der Waals surface area contributed by atoms with Crippen LogP contribution in [-0.2, 0) is 0 Å². The summed E-state index contributed by atoms with van der Waals surface area (Å²) < 4.78 is 0. The van der Waals surface area contributed by atoms with Gasteiger partial charge in [0.2, 0.25) is 0 Å². The Hall–Kier alpha value is 0.310. The molecule has 1 unspecified atom stereocenters. The molecule has 0 aliphatic carbocycles. The van der Waals surface area contributed by atoms with Gasteiger partial charge in [0, 0.05) is 6.04 Å². The summed E-state index contributed by atoms with van der Waals surface area (Å²) in [5.74, 6) is 3.49. The molecule has 86 valence electrons. The van der Waals surface area contributed by atoms with Gasteiger partial charge in [0.25, 0.3) is 0 Å². The summed E-state index contributed by atoms with van der Waals surface area (Å²) in [7, 11) is 0. The number of hydrogen-bond acceptors (Lipinski definition) is 2. The molecule has 2 heteroatoms. The van der Waals surface area contributed by atoms with Gasteiger partial charge in [0.05, 0.1) is 0 Å². The minimum Gasteiger partial charge on any atom is -0.314 e. The third-order valence-electron chi connectivity index (χ3n) is 2.50. The Morgan fingerprint density at radius 2 is 1.93 bits per heavy atom. The maximum absolute atomic E-state index is 3.53. The third-order valence-corrected chi connectivity index (χ3v) is 3.48. The lowest BCUT2D eigenvalue weighted by Crippen LogP contribution is -2.28. The number of hydrogen-bond donors (Lipinski definition) is 1. The van der Waals surface area contributed by atoms with E-state index in [1.807, 2.05) is 0 Å². The van der Waals surface area contributed by atoms with Crippen LogP contribution in [0.15, 0.2) is 0 Å². The van der Waals surface area contributed by atoms with Crippen molar-refractivity contribution < 1.29 is 0 Å². The van der Waals surface area contributed by atoms with Gasteiger partial charge in [-0.2, -0.15) is 11.8 Å². The average molecular weight is 217 g/mol. The fourth-order valence-corrected chi connectivity index (χ4v) is 2.13. The normalized spacial score (nSPS) is 13.5. The topological polar surface area (TPSA) is 12.0 Å². The molecular weight excluding hydrogens is 190 g/mol. The van der Waals surface area contributed by atoms with Crippen molar-refractivity contribution in [2.45, 2.75) is 53.0 Å². The Balaban J connectivity index is 3.38. The van der Waals surface area contributed by atoms with E-state index in [1.165, 1.54) is 37.3 Å². The van der Waals surface area contributed by atoms with Gasteiger partial charge in [0.15, 0.2) is 0 Å². The number of thioether (sulfide) groups is 1. The lowest BCUT2D eigenvalue weighted by atomic mass is 10.0. The molecule has 14 heavy (non-hydrogen) atoms. The molecule has 1 nitrogen and oxygen atoms in total. The van der Waals surface area contributed by atoms with E-state index in [1.54, 1.807) is 0 Å². The quantitative estimate of drug-likeness (QED) is 0.593. The Morgan fingerprint density at radius 3 is 2.43 bits per heavy atom. The first-order valence-corrected chi connectivity index (χ1v) is 7.17. The van der Waals surface area contributed by atoms with Gasteiger partial charge in [-0.15, -0.1) is 0 Å². The van der Waals surface area contributed by atoms with E-state index in [2.05, 4.69) is 44.8 Å². The number of rotatable bonds is 9. The predicted octanol–water partition coefficient (Wildman–Crippen LogP) is 3.54. The largest absolute Gasteiger partial charge is 0.314 e. The van der Waals surface area contributed by atoms with E-state index in [4.69, 9.17) is 0 Å². The van der Waals surface area contributed by atoms with Gasteiger partial charge in [0.1, 0.15) is 0 Å². The second-order valence-corrected chi connectivity index (χ2v) is 5.57. The summed E-state index contributed by atoms with van der Waals surface area (Å²) in [4.78, 5) is 0. The zero-order valence-electron chi connectivity index (χ0n) is 10.3. The number of nitrogens with one attached hydrogen (secondary N) is 1. The van der Waals surface area contributed by atoms with Crippen LogP contribution in [-0.4, -0.2) is 24.1 Å². The van der Waals surface area contributed by atoms with Crippen molar-refractivity contribution in [2.75, 3.05) is 18.1 Å². The minimum absolute atomic E-state index is 0.633. The average Bonchev–Trinajstić information content (AvgIpc) is 2.16. The van der Waals surface area contributed by atoms with Crippen molar-refractivity contribution in [2.24, 2.45) is 5.92 Å².